The first-order valence-corrected chi connectivity index (χ1v) is 5.59. The lowest BCUT2D eigenvalue weighted by molar-refractivity contribution is 0.00819. The molecule has 3 rings (SSSR count). The molecule has 2 nitrogen and oxygen atoms in total. The average Bonchev–Trinajstić information content (AvgIpc) is 2.83. The van der Waals surface area contributed by atoms with Gasteiger partial charge in [0.05, 0.1) is 11.0 Å². The molecule has 1 aromatic heterocycles. The van der Waals surface area contributed by atoms with Crippen LogP contribution in [-0.2, 0) is 0 Å². The van der Waals surface area contributed by atoms with Gasteiger partial charge in [0.15, 0.2) is 0 Å². The van der Waals surface area contributed by atoms with Gasteiger partial charge in [-0.25, -0.2) is 4.98 Å². The summed E-state index contributed by atoms with van der Waals surface area (Å²) in [6.45, 7) is -3.67. The first-order chi connectivity index (χ1) is 9.16. The summed E-state index contributed by atoms with van der Waals surface area (Å²) < 4.78 is 29.0. The van der Waals surface area contributed by atoms with E-state index in [1.807, 2.05) is 42.5 Å². The van der Waals surface area contributed by atoms with Crippen molar-refractivity contribution in [2.75, 3.05) is 0 Å². The Balaban J connectivity index is 0.000000297. The zero-order chi connectivity index (χ0) is 13.7. The molecule has 3 aromatic rings. The Labute approximate surface area is 107 Å². The van der Waals surface area contributed by atoms with Crippen molar-refractivity contribution in [1.29, 1.82) is 0 Å². The number of alkyl halides is 3. The van der Waals surface area contributed by atoms with E-state index in [1.165, 1.54) is 0 Å². The van der Waals surface area contributed by atoms with Crippen LogP contribution in [-0.4, -0.2) is 16.6 Å². The van der Waals surface area contributed by atoms with Gasteiger partial charge in [-0.1, -0.05) is 42.5 Å². The molecule has 1 N–H and O–H groups in total. The molecule has 0 atom stereocenters. The van der Waals surface area contributed by atoms with Crippen LogP contribution in [0.15, 0.2) is 54.6 Å². The topological polar surface area (TPSA) is 28.7 Å². The van der Waals surface area contributed by atoms with Gasteiger partial charge in [0.25, 0.3) is 0 Å². The summed E-state index contributed by atoms with van der Waals surface area (Å²) in [5, 5.41) is 0. The van der Waals surface area contributed by atoms with Crippen molar-refractivity contribution < 1.29 is 13.2 Å². The molecule has 2 aromatic carbocycles. The number of H-pyrrole nitrogens is 1. The third-order valence-electron chi connectivity index (χ3n) is 2.44. The molecule has 0 unspecified atom stereocenters. The second-order valence-electron chi connectivity index (χ2n) is 3.72. The third kappa shape index (κ3) is 3.58. The van der Waals surface area contributed by atoms with E-state index in [0.717, 1.165) is 22.4 Å². The number of benzene rings is 2. The van der Waals surface area contributed by atoms with E-state index in [2.05, 4.69) is 22.1 Å². The monoisotopic (exact) mass is 264 g/mol. The smallest absolute Gasteiger partial charge is 0.338 e. The summed E-state index contributed by atoms with van der Waals surface area (Å²) in [7, 11) is 0. The summed E-state index contributed by atoms with van der Waals surface area (Å²) in [5.41, 5.74) is 3.21. The number of nitrogens with zero attached hydrogens (tertiary/aromatic N) is 1. The van der Waals surface area contributed by atoms with Crippen LogP contribution in [0, 0.1) is 0 Å². The minimum absolute atomic E-state index is 0.928. The molecule has 0 saturated carbocycles. The van der Waals surface area contributed by atoms with Crippen molar-refractivity contribution in [3.63, 3.8) is 0 Å². The van der Waals surface area contributed by atoms with Gasteiger partial charge in [-0.2, -0.15) is 13.2 Å². The van der Waals surface area contributed by atoms with E-state index in [1.54, 1.807) is 0 Å². The van der Waals surface area contributed by atoms with Crippen molar-refractivity contribution in [2.24, 2.45) is 0 Å². The van der Waals surface area contributed by atoms with E-state index in [4.69, 9.17) is 0 Å². The lowest BCUT2D eigenvalue weighted by Crippen LogP contribution is -1.77. The van der Waals surface area contributed by atoms with Crippen LogP contribution < -0.4 is 0 Å². The number of imidazole rings is 1. The van der Waals surface area contributed by atoms with E-state index in [-0.39, 0.29) is 0 Å². The van der Waals surface area contributed by atoms with Crippen LogP contribution in [0.3, 0.4) is 0 Å². The fourth-order valence-corrected chi connectivity index (χ4v) is 1.69. The van der Waals surface area contributed by atoms with Crippen molar-refractivity contribution >= 4 is 11.0 Å². The predicted octanol–water partition coefficient (Wildman–Crippen LogP) is 4.41. The normalized spacial score (nSPS) is 10.3. The Kier molecular flexibility index (Phi) is 4.18. The molecule has 0 fully saturated rings. The largest absolute Gasteiger partial charge is 0.379 e. The molecule has 0 spiro atoms. The van der Waals surface area contributed by atoms with Crippen LogP contribution in [0.1, 0.15) is 0 Å². The number of halogens is 3. The second-order valence-corrected chi connectivity index (χ2v) is 3.72. The SMILES string of the molecule is FC(F)F.c1ccc(-c2nc3ccccc3[nH]2)cc1. The Morgan fingerprint density at radius 2 is 1.42 bits per heavy atom. The molecule has 0 amide bonds. The number of rotatable bonds is 1. The molecule has 19 heavy (non-hydrogen) atoms. The number of para-hydroxylation sites is 2. The van der Waals surface area contributed by atoms with Crippen molar-refractivity contribution in [2.45, 2.75) is 6.68 Å². The Hall–Kier alpha value is -2.30. The van der Waals surface area contributed by atoms with Crippen LogP contribution in [0.5, 0.6) is 0 Å². The zero-order valence-corrected chi connectivity index (χ0v) is 9.85. The number of hydrogen-bond donors (Lipinski definition) is 1. The van der Waals surface area contributed by atoms with Crippen LogP contribution in [0.2, 0.25) is 0 Å². The number of aromatic nitrogens is 2. The average molecular weight is 264 g/mol. The fraction of sp³-hybridized carbons (Fsp3) is 0.0714. The molecule has 0 bridgehead atoms. The highest BCUT2D eigenvalue weighted by Gasteiger charge is 2.02. The standard InChI is InChI=1S/C13H10N2.CHF3/c1-2-6-10(7-3-1)13-14-11-8-4-5-9-12(11)15-13;2-1(3)4/h1-9H,(H,14,15);1H. The lowest BCUT2D eigenvalue weighted by atomic mass is 10.2. The third-order valence-corrected chi connectivity index (χ3v) is 2.44. The Morgan fingerprint density at radius 3 is 2.05 bits per heavy atom. The molecular formula is C14H11F3N2. The maximum atomic E-state index is 9.67. The first-order valence-electron chi connectivity index (χ1n) is 5.59. The maximum absolute atomic E-state index is 9.67. The highest BCUT2D eigenvalue weighted by molar-refractivity contribution is 5.79. The zero-order valence-electron chi connectivity index (χ0n) is 9.85. The van der Waals surface area contributed by atoms with E-state index in [0.29, 0.717) is 0 Å². The van der Waals surface area contributed by atoms with E-state index in [9.17, 15) is 13.2 Å². The summed E-state index contributed by atoms with van der Waals surface area (Å²) in [4.78, 5) is 7.83. The molecule has 5 heteroatoms. The van der Waals surface area contributed by atoms with Crippen molar-refractivity contribution in [3.05, 3.63) is 54.6 Å². The van der Waals surface area contributed by atoms with Gasteiger partial charge in [-0.15, -0.1) is 0 Å². The van der Waals surface area contributed by atoms with Crippen molar-refractivity contribution in [3.8, 4) is 11.4 Å². The van der Waals surface area contributed by atoms with Crippen LogP contribution in [0.25, 0.3) is 22.4 Å². The highest BCUT2D eigenvalue weighted by Crippen LogP contribution is 2.19. The molecule has 0 aliphatic rings. The second kappa shape index (κ2) is 6.04. The van der Waals surface area contributed by atoms with Gasteiger partial charge in [-0.3, -0.25) is 0 Å². The summed E-state index contributed by atoms with van der Waals surface area (Å²) in [5.74, 6) is 0.928. The number of aromatic amines is 1. The molecule has 98 valence electrons. The number of hydrogen-bond acceptors (Lipinski definition) is 1. The van der Waals surface area contributed by atoms with Gasteiger partial charge in [0, 0.05) is 5.56 Å². The Bertz CT molecular complexity index is 599. The van der Waals surface area contributed by atoms with Gasteiger partial charge in [0.2, 0.25) is 0 Å². The molecule has 0 aliphatic heterocycles. The molecule has 0 saturated heterocycles. The molecular weight excluding hydrogens is 253 g/mol. The summed E-state index contributed by atoms with van der Waals surface area (Å²) in [6, 6.07) is 18.2. The van der Waals surface area contributed by atoms with Gasteiger partial charge >= 0.3 is 6.68 Å². The van der Waals surface area contributed by atoms with Crippen LogP contribution >= 0.6 is 0 Å². The molecule has 1 heterocycles. The quantitative estimate of drug-likeness (QED) is 0.693. The van der Waals surface area contributed by atoms with Gasteiger partial charge in [-0.05, 0) is 12.1 Å². The first kappa shape index (κ1) is 13.1. The minimum Gasteiger partial charge on any atom is -0.338 e. The lowest BCUT2D eigenvalue weighted by Gasteiger charge is -1.93. The van der Waals surface area contributed by atoms with E-state index >= 15 is 0 Å². The van der Waals surface area contributed by atoms with E-state index < -0.39 is 6.68 Å². The molecule has 0 aliphatic carbocycles. The van der Waals surface area contributed by atoms with Gasteiger partial charge < -0.3 is 4.98 Å². The fourth-order valence-electron chi connectivity index (χ4n) is 1.69. The van der Waals surface area contributed by atoms with Crippen LogP contribution in [0.4, 0.5) is 13.2 Å². The van der Waals surface area contributed by atoms with Gasteiger partial charge in [0.1, 0.15) is 5.82 Å². The summed E-state index contributed by atoms with van der Waals surface area (Å²) >= 11 is 0. The van der Waals surface area contributed by atoms with Crippen molar-refractivity contribution in [1.82, 2.24) is 9.97 Å². The molecule has 0 radical (unpaired) electrons. The minimum atomic E-state index is -3.67. The number of fused-ring (bicyclic) bond motifs is 1. The highest BCUT2D eigenvalue weighted by atomic mass is 19.4. The predicted molar refractivity (Wildman–Crippen MR) is 68.6 cm³/mol. The number of nitrogens with one attached hydrogen (secondary N) is 1. The Morgan fingerprint density at radius 1 is 0.842 bits per heavy atom. The maximum Gasteiger partial charge on any atom is 0.379 e. The summed E-state index contributed by atoms with van der Waals surface area (Å²) in [6.07, 6.45) is 0.